The van der Waals surface area contributed by atoms with Crippen molar-refractivity contribution in [3.05, 3.63) is 65.7 Å². The fourth-order valence-electron chi connectivity index (χ4n) is 4.10. The van der Waals surface area contributed by atoms with E-state index in [-0.39, 0.29) is 23.9 Å². The largest absolute Gasteiger partial charge is 0.349 e. The van der Waals surface area contributed by atoms with Crippen molar-refractivity contribution in [1.29, 1.82) is 0 Å². The number of piperidine rings is 1. The van der Waals surface area contributed by atoms with Crippen LogP contribution in [-0.2, 0) is 4.79 Å². The molecular weight excluding hydrogens is 362 g/mol. The molecule has 0 spiro atoms. The van der Waals surface area contributed by atoms with E-state index in [0.717, 1.165) is 11.3 Å². The fourth-order valence-corrected chi connectivity index (χ4v) is 4.10. The number of nitrogens with zero attached hydrogens (tertiary/aromatic N) is 1. The summed E-state index contributed by atoms with van der Waals surface area (Å²) >= 11 is 0. The number of hydrogen-bond acceptors (Lipinski definition) is 2. The summed E-state index contributed by atoms with van der Waals surface area (Å²) in [6.45, 7) is 3.22. The first-order chi connectivity index (χ1) is 14.1. The van der Waals surface area contributed by atoms with Crippen LogP contribution in [0.4, 0.5) is 10.5 Å². The van der Waals surface area contributed by atoms with E-state index in [1.807, 2.05) is 54.3 Å². The lowest BCUT2D eigenvalue weighted by Crippen LogP contribution is -2.45. The van der Waals surface area contributed by atoms with E-state index in [1.54, 1.807) is 0 Å². The number of rotatable bonds is 5. The van der Waals surface area contributed by atoms with Crippen LogP contribution < -0.4 is 10.6 Å². The predicted molar refractivity (Wildman–Crippen MR) is 115 cm³/mol. The van der Waals surface area contributed by atoms with Crippen LogP contribution in [0.1, 0.15) is 42.9 Å². The lowest BCUT2D eigenvalue weighted by Gasteiger charge is -2.32. The number of hydrogen-bond donors (Lipinski definition) is 2. The summed E-state index contributed by atoms with van der Waals surface area (Å²) in [6.07, 6.45) is 3.77. The van der Waals surface area contributed by atoms with Gasteiger partial charge in [-0.05, 0) is 61.8 Å². The SMILES string of the molecule is Cc1cccc(NC(=O)N2CCC(C(=O)N[C@H](c3ccccc3)C3CC3)CC2)c1. The summed E-state index contributed by atoms with van der Waals surface area (Å²) in [5.74, 6) is 0.661. The Morgan fingerprint density at radius 3 is 2.34 bits per heavy atom. The first kappa shape index (κ1) is 19.5. The van der Waals surface area contributed by atoms with Crippen molar-refractivity contribution in [2.75, 3.05) is 18.4 Å². The fraction of sp³-hybridized carbons (Fsp3) is 0.417. The molecule has 4 rings (SSSR count). The van der Waals surface area contributed by atoms with Gasteiger partial charge in [-0.3, -0.25) is 4.79 Å². The Morgan fingerprint density at radius 1 is 0.966 bits per heavy atom. The number of likely N-dealkylation sites (tertiary alicyclic amines) is 1. The highest BCUT2D eigenvalue weighted by molar-refractivity contribution is 5.89. The minimum absolute atomic E-state index is 0.0250. The van der Waals surface area contributed by atoms with E-state index in [2.05, 4.69) is 22.8 Å². The Balaban J connectivity index is 1.29. The standard InChI is InChI=1S/C24H29N3O2/c1-17-6-5-9-21(16-17)25-24(29)27-14-12-20(13-15-27)23(28)26-22(19-10-11-19)18-7-3-2-4-8-18/h2-9,16,19-20,22H,10-15H2,1H3,(H,25,29)(H,26,28)/t22-/m1/s1. The third-order valence-electron chi connectivity index (χ3n) is 5.97. The quantitative estimate of drug-likeness (QED) is 0.788. The van der Waals surface area contributed by atoms with Gasteiger partial charge in [0.25, 0.3) is 0 Å². The van der Waals surface area contributed by atoms with Gasteiger partial charge in [0.15, 0.2) is 0 Å². The summed E-state index contributed by atoms with van der Waals surface area (Å²) in [6, 6.07) is 18.1. The number of benzene rings is 2. The van der Waals surface area contributed by atoms with Crippen molar-refractivity contribution in [3.8, 4) is 0 Å². The summed E-state index contributed by atoms with van der Waals surface area (Å²) in [5, 5.41) is 6.26. The maximum absolute atomic E-state index is 12.9. The molecule has 1 atom stereocenters. The highest BCUT2D eigenvalue weighted by Gasteiger charge is 2.35. The monoisotopic (exact) mass is 391 g/mol. The second-order valence-corrected chi connectivity index (χ2v) is 8.30. The maximum Gasteiger partial charge on any atom is 0.321 e. The minimum Gasteiger partial charge on any atom is -0.349 e. The maximum atomic E-state index is 12.9. The van der Waals surface area contributed by atoms with Gasteiger partial charge in [0.05, 0.1) is 6.04 Å². The number of aryl methyl sites for hydroxylation is 1. The molecule has 5 nitrogen and oxygen atoms in total. The summed E-state index contributed by atoms with van der Waals surface area (Å²) in [7, 11) is 0. The van der Waals surface area contributed by atoms with Crippen molar-refractivity contribution in [2.24, 2.45) is 11.8 Å². The normalized spacial score (nSPS) is 18.2. The lowest BCUT2D eigenvalue weighted by molar-refractivity contribution is -0.127. The van der Waals surface area contributed by atoms with Crippen LogP contribution in [0.15, 0.2) is 54.6 Å². The van der Waals surface area contributed by atoms with Crippen molar-refractivity contribution >= 4 is 17.6 Å². The van der Waals surface area contributed by atoms with Gasteiger partial charge in [0, 0.05) is 24.7 Å². The van der Waals surface area contributed by atoms with Crippen molar-refractivity contribution in [3.63, 3.8) is 0 Å². The van der Waals surface area contributed by atoms with Crippen LogP contribution in [0.2, 0.25) is 0 Å². The van der Waals surface area contributed by atoms with Crippen molar-refractivity contribution in [2.45, 2.75) is 38.6 Å². The molecule has 0 bridgehead atoms. The summed E-state index contributed by atoms with van der Waals surface area (Å²) < 4.78 is 0. The van der Waals surface area contributed by atoms with Gasteiger partial charge >= 0.3 is 6.03 Å². The Labute approximate surface area is 172 Å². The highest BCUT2D eigenvalue weighted by atomic mass is 16.2. The number of carbonyl (C=O) groups is 2. The van der Waals surface area contributed by atoms with E-state index in [4.69, 9.17) is 0 Å². The van der Waals surface area contributed by atoms with E-state index in [0.29, 0.717) is 31.8 Å². The Hall–Kier alpha value is -2.82. The smallest absolute Gasteiger partial charge is 0.321 e. The van der Waals surface area contributed by atoms with Crippen LogP contribution >= 0.6 is 0 Å². The molecule has 1 aliphatic carbocycles. The van der Waals surface area contributed by atoms with Crippen molar-refractivity contribution < 1.29 is 9.59 Å². The summed E-state index contributed by atoms with van der Waals surface area (Å²) in [4.78, 5) is 27.2. The zero-order valence-electron chi connectivity index (χ0n) is 16.9. The molecule has 1 heterocycles. The molecular formula is C24H29N3O2. The van der Waals surface area contributed by atoms with E-state index < -0.39 is 0 Å². The van der Waals surface area contributed by atoms with Gasteiger partial charge in [-0.2, -0.15) is 0 Å². The van der Waals surface area contributed by atoms with Gasteiger partial charge < -0.3 is 15.5 Å². The number of nitrogens with one attached hydrogen (secondary N) is 2. The van der Waals surface area contributed by atoms with Gasteiger partial charge in [0.1, 0.15) is 0 Å². The van der Waals surface area contributed by atoms with Gasteiger partial charge in [0.2, 0.25) is 5.91 Å². The van der Waals surface area contributed by atoms with Crippen molar-refractivity contribution in [1.82, 2.24) is 10.2 Å². The molecule has 3 amide bonds. The number of urea groups is 1. The predicted octanol–water partition coefficient (Wildman–Crippen LogP) is 4.51. The Bertz CT molecular complexity index is 855. The second-order valence-electron chi connectivity index (χ2n) is 8.30. The van der Waals surface area contributed by atoms with Crippen LogP contribution in [0, 0.1) is 18.8 Å². The van der Waals surface area contributed by atoms with E-state index >= 15 is 0 Å². The third-order valence-corrected chi connectivity index (χ3v) is 5.97. The molecule has 1 aliphatic heterocycles. The van der Waals surface area contributed by atoms with Crippen LogP contribution in [0.3, 0.4) is 0 Å². The molecule has 2 aliphatic rings. The molecule has 5 heteroatoms. The molecule has 2 N–H and O–H groups in total. The van der Waals surface area contributed by atoms with Crippen LogP contribution in [0.5, 0.6) is 0 Å². The molecule has 2 fully saturated rings. The first-order valence-corrected chi connectivity index (χ1v) is 10.6. The van der Waals surface area contributed by atoms with E-state index in [9.17, 15) is 9.59 Å². The van der Waals surface area contributed by atoms with Gasteiger partial charge in [-0.25, -0.2) is 4.79 Å². The van der Waals surface area contributed by atoms with Gasteiger partial charge in [-0.15, -0.1) is 0 Å². The molecule has 2 aromatic carbocycles. The van der Waals surface area contributed by atoms with Crippen LogP contribution in [-0.4, -0.2) is 29.9 Å². The minimum atomic E-state index is -0.0883. The average Bonchev–Trinajstić information content (AvgIpc) is 3.58. The highest BCUT2D eigenvalue weighted by Crippen LogP contribution is 2.41. The second kappa shape index (κ2) is 8.68. The Morgan fingerprint density at radius 2 is 1.69 bits per heavy atom. The zero-order valence-corrected chi connectivity index (χ0v) is 16.9. The molecule has 0 unspecified atom stereocenters. The lowest BCUT2D eigenvalue weighted by atomic mass is 9.94. The van der Waals surface area contributed by atoms with Crippen LogP contribution in [0.25, 0.3) is 0 Å². The molecule has 0 radical (unpaired) electrons. The molecule has 2 aromatic rings. The zero-order chi connectivity index (χ0) is 20.2. The molecule has 1 saturated carbocycles. The molecule has 29 heavy (non-hydrogen) atoms. The topological polar surface area (TPSA) is 61.4 Å². The molecule has 152 valence electrons. The third kappa shape index (κ3) is 4.97. The first-order valence-electron chi connectivity index (χ1n) is 10.6. The number of amides is 3. The summed E-state index contributed by atoms with van der Waals surface area (Å²) in [5.41, 5.74) is 3.12. The number of anilines is 1. The molecule has 0 aromatic heterocycles. The Kier molecular flexibility index (Phi) is 5.84. The average molecular weight is 392 g/mol. The molecule has 1 saturated heterocycles. The number of carbonyl (C=O) groups excluding carboxylic acids is 2. The van der Waals surface area contributed by atoms with Gasteiger partial charge in [-0.1, -0.05) is 42.5 Å². The van der Waals surface area contributed by atoms with E-state index in [1.165, 1.54) is 18.4 Å².